The van der Waals surface area contributed by atoms with Crippen LogP contribution in [0.25, 0.3) is 21.8 Å². The molecule has 0 aliphatic carbocycles. The van der Waals surface area contributed by atoms with Gasteiger partial charge in [0.25, 0.3) is 5.91 Å². The van der Waals surface area contributed by atoms with E-state index in [0.29, 0.717) is 11.4 Å². The van der Waals surface area contributed by atoms with Crippen molar-refractivity contribution in [2.45, 2.75) is 19.4 Å². The molecular weight excluding hydrogens is 380 g/mol. The summed E-state index contributed by atoms with van der Waals surface area (Å²) >= 11 is 1.44. The Bertz CT molecular complexity index is 1040. The van der Waals surface area contributed by atoms with Gasteiger partial charge < -0.3 is 9.88 Å². The first-order valence-corrected chi connectivity index (χ1v) is 10.5. The third kappa shape index (κ3) is 4.78. The van der Waals surface area contributed by atoms with E-state index in [9.17, 15) is 4.79 Å². The molecule has 2 heterocycles. The van der Waals surface area contributed by atoms with Gasteiger partial charge in [-0.05, 0) is 12.8 Å². The van der Waals surface area contributed by atoms with Crippen molar-refractivity contribution in [2.75, 3.05) is 6.54 Å². The Hall–Kier alpha value is -3.25. The molecule has 0 atom stereocenters. The first-order valence-electron chi connectivity index (χ1n) is 9.67. The van der Waals surface area contributed by atoms with Crippen molar-refractivity contribution >= 4 is 17.2 Å². The Kier molecular flexibility index (Phi) is 6.12. The molecule has 4 rings (SSSR count). The van der Waals surface area contributed by atoms with Gasteiger partial charge in [0.05, 0.1) is 12.0 Å². The number of unbranched alkanes of at least 4 members (excludes halogenated alkanes) is 1. The number of hydrogen-bond donors (Lipinski definition) is 1. The second-order valence-corrected chi connectivity index (χ2v) is 7.69. The van der Waals surface area contributed by atoms with Gasteiger partial charge in [-0.2, -0.15) is 0 Å². The summed E-state index contributed by atoms with van der Waals surface area (Å²) < 4.78 is 2.05. The second-order valence-electron chi connectivity index (χ2n) is 6.69. The Morgan fingerprint density at radius 3 is 2.38 bits per heavy atom. The molecule has 0 radical (unpaired) electrons. The standard InChI is InChI=1S/C23H22N4OS/c28-22(25-13-7-8-15-27-16-14-24-17-27)21-20(18-9-3-1-4-10-18)26-23(29-21)19-11-5-2-6-12-19/h1-6,9-12,14,16-17H,7-8,13,15H2,(H,25,28). The maximum Gasteiger partial charge on any atom is 0.263 e. The number of rotatable bonds is 8. The number of thiazole rings is 1. The third-order valence-corrected chi connectivity index (χ3v) is 5.69. The van der Waals surface area contributed by atoms with Gasteiger partial charge in [0, 0.05) is 36.6 Å². The largest absolute Gasteiger partial charge is 0.351 e. The number of imidazole rings is 1. The Labute approximate surface area is 174 Å². The topological polar surface area (TPSA) is 59.8 Å². The van der Waals surface area contributed by atoms with Crippen LogP contribution in [0.1, 0.15) is 22.5 Å². The molecular formula is C23H22N4OS. The van der Waals surface area contributed by atoms with E-state index in [2.05, 4.69) is 10.3 Å². The van der Waals surface area contributed by atoms with Crippen molar-refractivity contribution in [1.29, 1.82) is 0 Å². The summed E-state index contributed by atoms with van der Waals surface area (Å²) in [5, 5.41) is 3.92. The Morgan fingerprint density at radius 2 is 1.69 bits per heavy atom. The molecule has 0 fully saturated rings. The lowest BCUT2D eigenvalue weighted by molar-refractivity contribution is 0.0957. The van der Waals surface area contributed by atoms with Gasteiger partial charge in [-0.25, -0.2) is 9.97 Å². The molecule has 1 amide bonds. The summed E-state index contributed by atoms with van der Waals surface area (Å²) in [6.45, 7) is 1.55. The molecule has 0 aliphatic heterocycles. The van der Waals surface area contributed by atoms with Crippen LogP contribution < -0.4 is 5.32 Å². The van der Waals surface area contributed by atoms with E-state index in [1.807, 2.05) is 77.8 Å². The fraction of sp³-hybridized carbons (Fsp3) is 0.174. The smallest absolute Gasteiger partial charge is 0.263 e. The normalized spacial score (nSPS) is 10.8. The molecule has 1 N–H and O–H groups in total. The lowest BCUT2D eigenvalue weighted by Crippen LogP contribution is -2.24. The quantitative estimate of drug-likeness (QED) is 0.427. The maximum absolute atomic E-state index is 12.9. The summed E-state index contributed by atoms with van der Waals surface area (Å²) in [7, 11) is 0. The molecule has 146 valence electrons. The van der Waals surface area contributed by atoms with Crippen LogP contribution in [0, 0.1) is 0 Å². The number of nitrogens with one attached hydrogen (secondary N) is 1. The number of aryl methyl sites for hydroxylation is 1. The summed E-state index contributed by atoms with van der Waals surface area (Å²) in [6.07, 6.45) is 7.44. The summed E-state index contributed by atoms with van der Waals surface area (Å²) in [6, 6.07) is 19.9. The highest BCUT2D eigenvalue weighted by molar-refractivity contribution is 7.17. The zero-order valence-corrected chi connectivity index (χ0v) is 16.8. The molecule has 0 saturated heterocycles. The third-order valence-electron chi connectivity index (χ3n) is 4.59. The predicted molar refractivity (Wildman–Crippen MR) is 117 cm³/mol. The van der Waals surface area contributed by atoms with Gasteiger partial charge in [0.1, 0.15) is 9.88 Å². The summed E-state index contributed by atoms with van der Waals surface area (Å²) in [5.41, 5.74) is 2.72. The lowest BCUT2D eigenvalue weighted by Gasteiger charge is -2.06. The van der Waals surface area contributed by atoms with E-state index in [0.717, 1.165) is 41.2 Å². The molecule has 2 aromatic heterocycles. The monoisotopic (exact) mass is 402 g/mol. The van der Waals surface area contributed by atoms with Crippen molar-refractivity contribution < 1.29 is 4.79 Å². The summed E-state index contributed by atoms with van der Waals surface area (Å²) in [4.78, 5) is 22.4. The second kappa shape index (κ2) is 9.30. The number of carbonyl (C=O) groups excluding carboxylic acids is 1. The van der Waals surface area contributed by atoms with E-state index in [-0.39, 0.29) is 5.91 Å². The first kappa shape index (κ1) is 19.1. The van der Waals surface area contributed by atoms with E-state index in [1.54, 1.807) is 6.20 Å². The zero-order chi connectivity index (χ0) is 19.9. The van der Waals surface area contributed by atoms with E-state index in [1.165, 1.54) is 11.3 Å². The highest BCUT2D eigenvalue weighted by atomic mass is 32.1. The molecule has 4 aromatic rings. The molecule has 6 heteroatoms. The Balaban J connectivity index is 1.47. The first-order chi connectivity index (χ1) is 14.3. The molecule has 29 heavy (non-hydrogen) atoms. The van der Waals surface area contributed by atoms with Crippen LogP contribution in [-0.2, 0) is 6.54 Å². The Morgan fingerprint density at radius 1 is 0.966 bits per heavy atom. The van der Waals surface area contributed by atoms with Gasteiger partial charge in [-0.15, -0.1) is 11.3 Å². The van der Waals surface area contributed by atoms with Crippen LogP contribution in [0.5, 0.6) is 0 Å². The van der Waals surface area contributed by atoms with Gasteiger partial charge in [0.2, 0.25) is 0 Å². The van der Waals surface area contributed by atoms with Crippen molar-refractivity contribution in [3.05, 3.63) is 84.3 Å². The number of benzene rings is 2. The minimum atomic E-state index is -0.0637. The minimum absolute atomic E-state index is 0.0637. The number of aromatic nitrogens is 3. The van der Waals surface area contributed by atoms with Gasteiger partial charge in [0.15, 0.2) is 0 Å². The SMILES string of the molecule is O=C(NCCCCn1ccnc1)c1sc(-c2ccccc2)nc1-c1ccccc1. The van der Waals surface area contributed by atoms with Crippen molar-refractivity contribution in [2.24, 2.45) is 0 Å². The van der Waals surface area contributed by atoms with Gasteiger partial charge >= 0.3 is 0 Å². The highest BCUT2D eigenvalue weighted by Gasteiger charge is 2.19. The van der Waals surface area contributed by atoms with E-state index < -0.39 is 0 Å². The van der Waals surface area contributed by atoms with Crippen LogP contribution in [0.3, 0.4) is 0 Å². The van der Waals surface area contributed by atoms with Crippen molar-refractivity contribution in [3.8, 4) is 21.8 Å². The molecule has 0 saturated carbocycles. The minimum Gasteiger partial charge on any atom is -0.351 e. The molecule has 0 spiro atoms. The number of amides is 1. The average Bonchev–Trinajstić information content (AvgIpc) is 3.45. The summed E-state index contributed by atoms with van der Waals surface area (Å²) in [5.74, 6) is -0.0637. The predicted octanol–water partition coefficient (Wildman–Crippen LogP) is 4.88. The van der Waals surface area contributed by atoms with Crippen LogP contribution in [-0.4, -0.2) is 27.0 Å². The number of nitrogens with zero attached hydrogens (tertiary/aromatic N) is 3. The maximum atomic E-state index is 12.9. The van der Waals surface area contributed by atoms with Gasteiger partial charge in [-0.1, -0.05) is 60.7 Å². The average molecular weight is 403 g/mol. The number of carbonyl (C=O) groups is 1. The van der Waals surface area contributed by atoms with E-state index >= 15 is 0 Å². The molecule has 0 aliphatic rings. The molecule has 0 unspecified atom stereocenters. The van der Waals surface area contributed by atoms with Crippen molar-refractivity contribution in [3.63, 3.8) is 0 Å². The van der Waals surface area contributed by atoms with Crippen molar-refractivity contribution in [1.82, 2.24) is 19.9 Å². The molecule has 2 aromatic carbocycles. The van der Waals surface area contributed by atoms with E-state index in [4.69, 9.17) is 4.98 Å². The number of hydrogen-bond acceptors (Lipinski definition) is 4. The van der Waals surface area contributed by atoms with Crippen LogP contribution in [0.4, 0.5) is 0 Å². The molecule has 0 bridgehead atoms. The lowest BCUT2D eigenvalue weighted by atomic mass is 10.1. The highest BCUT2D eigenvalue weighted by Crippen LogP contribution is 2.33. The zero-order valence-electron chi connectivity index (χ0n) is 16.0. The van der Waals surface area contributed by atoms with Crippen LogP contribution >= 0.6 is 11.3 Å². The fourth-order valence-electron chi connectivity index (χ4n) is 3.09. The fourth-order valence-corrected chi connectivity index (χ4v) is 4.10. The van der Waals surface area contributed by atoms with Crippen LogP contribution in [0.15, 0.2) is 79.4 Å². The van der Waals surface area contributed by atoms with Crippen LogP contribution in [0.2, 0.25) is 0 Å². The van der Waals surface area contributed by atoms with Gasteiger partial charge in [-0.3, -0.25) is 4.79 Å². The molecule has 5 nitrogen and oxygen atoms in total.